The van der Waals surface area contributed by atoms with Crippen LogP contribution in [0.25, 0.3) is 0 Å². The third-order valence-electron chi connectivity index (χ3n) is 0. The zero-order valence-electron chi connectivity index (χ0n) is 6.73. The zero-order chi connectivity index (χ0) is 13.5. The van der Waals surface area contributed by atoms with E-state index in [9.17, 15) is 0 Å². The number of hydrogen-bond donors (Lipinski definition) is 0. The molecule has 17 heavy (non-hydrogen) atoms. The first-order valence-electron chi connectivity index (χ1n) is 2.00. The van der Waals surface area contributed by atoms with Gasteiger partial charge in [-0.05, 0) is 33.6 Å². The normalized spacial score (nSPS) is 10.2. The largest absolute Gasteiger partial charge is 3.00 e. The summed E-state index contributed by atoms with van der Waals surface area (Å²) in [6, 6.07) is 0. The van der Waals surface area contributed by atoms with Crippen molar-refractivity contribution in [3.8, 4) is 0 Å². The second-order valence-corrected chi connectivity index (χ2v) is 7.35. The summed E-state index contributed by atoms with van der Waals surface area (Å²) < 4.78 is 80.0. The van der Waals surface area contributed by atoms with Crippen molar-refractivity contribution in [1.82, 2.24) is 0 Å². The van der Waals surface area contributed by atoms with Crippen molar-refractivity contribution in [2.24, 2.45) is 0 Å². The van der Waals surface area contributed by atoms with Crippen LogP contribution in [0.3, 0.4) is 0 Å². The molecule has 0 aliphatic carbocycles. The van der Waals surface area contributed by atoms with Crippen LogP contribution in [-0.4, -0.2) is 39.9 Å². The van der Waals surface area contributed by atoms with Crippen LogP contribution in [0.15, 0.2) is 0 Å². The molecule has 0 unspecified atom stereocenters. The summed E-state index contributed by atoms with van der Waals surface area (Å²) in [6.07, 6.45) is 0. The van der Waals surface area contributed by atoms with Crippen molar-refractivity contribution in [3.63, 3.8) is 0 Å². The Kier molecular flexibility index (Phi) is 24.8. The van der Waals surface area contributed by atoms with E-state index in [1.165, 1.54) is 0 Å². The van der Waals surface area contributed by atoms with Crippen molar-refractivity contribution in [3.05, 3.63) is 0 Å². The molecule has 112 valence electrons. The second-order valence-electron chi connectivity index (χ2n) is 1.22. The van der Waals surface area contributed by atoms with Crippen LogP contribution in [0.1, 0.15) is 0 Å². The van der Waals surface area contributed by atoms with E-state index in [2.05, 4.69) is 33.6 Å². The number of rotatable bonds is 0. The molecule has 0 spiro atoms. The predicted molar refractivity (Wildman–Crippen MR) is 51.2 cm³/mol. The van der Waals surface area contributed by atoms with E-state index in [1.807, 2.05) is 0 Å². The molecule has 0 bridgehead atoms. The van der Waals surface area contributed by atoms with Gasteiger partial charge in [0, 0.05) is 0 Å². The van der Waals surface area contributed by atoms with Crippen molar-refractivity contribution in [2.45, 2.75) is 0 Å². The number of hydrogen-bond acceptors (Lipinski definition) is 12. The van der Waals surface area contributed by atoms with Gasteiger partial charge in [-0.25, -0.2) is 0 Å². The zero-order valence-corrected chi connectivity index (χ0v) is 16.0. The molecule has 0 aromatic carbocycles. The van der Waals surface area contributed by atoms with Crippen LogP contribution in [0.2, 0.25) is 0 Å². The summed E-state index contributed by atoms with van der Waals surface area (Å²) in [5, 5.41) is 0. The molecule has 0 atom stereocenters. The van der Waals surface area contributed by atoms with Crippen molar-refractivity contribution in [2.75, 3.05) is 0 Å². The molecule has 0 saturated heterocycles. The van der Waals surface area contributed by atoms with Crippen LogP contribution in [0.5, 0.6) is 0 Å². The maximum atomic E-state index is 8.89. The Morgan fingerprint density at radius 2 is 0.529 bits per heavy atom. The fourth-order valence-corrected chi connectivity index (χ4v) is 0. The van der Waals surface area contributed by atoms with E-state index >= 15 is 0 Å². The second kappa shape index (κ2) is 13.3. The third-order valence-corrected chi connectivity index (χ3v) is 0. The van der Waals surface area contributed by atoms with E-state index in [1.54, 1.807) is 0 Å². The van der Waals surface area contributed by atoms with E-state index in [4.69, 9.17) is 39.9 Å². The van der Waals surface area contributed by atoms with E-state index < -0.39 is 27.2 Å². The van der Waals surface area contributed by atoms with Crippen LogP contribution in [-0.2, 0) is 105 Å². The molecule has 0 N–H and O–H groups in total. The molecule has 0 heterocycles. The van der Waals surface area contributed by atoms with Gasteiger partial charge in [-0.3, -0.25) is 12.6 Å². The van der Waals surface area contributed by atoms with Gasteiger partial charge < -0.3 is 27.3 Å². The van der Waals surface area contributed by atoms with Gasteiger partial charge in [0.25, 0.3) is 0 Å². The Morgan fingerprint density at radius 3 is 0.529 bits per heavy atom. The molecule has 0 saturated carbocycles. The topological polar surface area (TPSA) is 190 Å². The minimum atomic E-state index is -4.33. The quantitative estimate of drug-likeness (QED) is 0.230. The van der Waals surface area contributed by atoms with Gasteiger partial charge in [0.2, 0.25) is 0 Å². The molecule has 0 rings (SSSR count). The molecule has 9 nitrogen and oxygen atoms in total. The summed E-state index contributed by atoms with van der Waals surface area (Å²) in [6.45, 7) is 0. The van der Waals surface area contributed by atoms with Crippen molar-refractivity contribution < 1.29 is 84.7 Å². The molecule has 17 heteroatoms. The predicted octanol–water partition coefficient (Wildman–Crippen LogP) is -3.02. The average molecular weight is 730 g/mol. The van der Waals surface area contributed by atoms with E-state index in [0.717, 1.165) is 0 Å². The van der Waals surface area contributed by atoms with Gasteiger partial charge in [-0.15, -0.1) is 27.2 Å². The fraction of sp³-hybridized carbons (Fsp3) is 0. The van der Waals surface area contributed by atoms with Crippen LogP contribution in [0.4, 0.5) is 0 Å². The molecule has 0 aliphatic rings. The molecule has 0 radical (unpaired) electrons. The minimum Gasteiger partial charge on any atom is -0.780 e. The minimum absolute atomic E-state index is 0. The van der Waals surface area contributed by atoms with Crippen LogP contribution >= 0.6 is 0 Å². The summed E-state index contributed by atoms with van der Waals surface area (Å²) in [7, 11) is -13.0. The first-order valence-corrected chi connectivity index (χ1v) is 9.00. The molecule has 0 aromatic rings. The van der Waals surface area contributed by atoms with Crippen molar-refractivity contribution in [1.29, 1.82) is 0 Å². The van der Waals surface area contributed by atoms with E-state index in [-0.39, 0.29) is 44.8 Å². The Labute approximate surface area is 144 Å². The maximum Gasteiger partial charge on any atom is 3.00 e. The Morgan fingerprint density at radius 1 is 0.529 bits per heavy atom. The Bertz CT molecular complexity index is 344. The van der Waals surface area contributed by atoms with Gasteiger partial charge in [-0.1, -0.05) is 0 Å². The third kappa shape index (κ3) is 888. The first kappa shape index (κ1) is 31.6. The summed E-state index contributed by atoms with van der Waals surface area (Å²) in [5.74, 6) is 0. The standard InChI is InChI=1S/2Au.3H2O3S2/c;;3*1-5(2,3)4/h;;3*(H2,1,2,3,4)/q2*+3;;;/p-6. The molecule has 0 fully saturated rings. The molecular formula is Au2O9S6. The van der Waals surface area contributed by atoms with Crippen LogP contribution in [0, 0.1) is 0 Å². The van der Waals surface area contributed by atoms with Gasteiger partial charge >= 0.3 is 44.8 Å². The van der Waals surface area contributed by atoms with Gasteiger partial charge in [0.15, 0.2) is 0 Å². The van der Waals surface area contributed by atoms with Crippen molar-refractivity contribution >= 4 is 60.7 Å². The molecular weight excluding hydrogens is 730 g/mol. The first-order chi connectivity index (χ1) is 6.00. The fourth-order valence-electron chi connectivity index (χ4n) is 0. The van der Waals surface area contributed by atoms with Gasteiger partial charge in [-0.2, -0.15) is 0 Å². The summed E-state index contributed by atoms with van der Waals surface area (Å²) in [4.78, 5) is 0. The molecule has 0 amide bonds. The molecule has 0 aromatic heterocycles. The van der Waals surface area contributed by atoms with Crippen LogP contribution < -0.4 is 0 Å². The van der Waals surface area contributed by atoms with E-state index in [0.29, 0.717) is 0 Å². The molecule has 0 aliphatic heterocycles. The Balaban J connectivity index is -0.0000000400. The average Bonchev–Trinajstić information content (AvgIpc) is 1.41. The summed E-state index contributed by atoms with van der Waals surface area (Å²) >= 11 is 9.73. The maximum absolute atomic E-state index is 8.89. The monoisotopic (exact) mass is 730 g/mol. The Hall–Kier alpha value is 2.35. The van der Waals surface area contributed by atoms with Gasteiger partial charge in [0.05, 0.1) is 0 Å². The smallest absolute Gasteiger partial charge is 0.780 e. The van der Waals surface area contributed by atoms with Gasteiger partial charge in [0.1, 0.15) is 0 Å². The SMILES string of the molecule is O=S([O-])([O-])=S.O=S([O-])([O-])=S.O=S([O-])([O-])=S.[Au+3].[Au+3]. The summed E-state index contributed by atoms with van der Waals surface area (Å²) in [5.41, 5.74) is 0.